The van der Waals surface area contributed by atoms with Crippen LogP contribution in [-0.2, 0) is 17.1 Å². The fourth-order valence-corrected chi connectivity index (χ4v) is 4.67. The van der Waals surface area contributed by atoms with Crippen molar-refractivity contribution in [1.29, 1.82) is 0 Å². The van der Waals surface area contributed by atoms with E-state index in [-0.39, 0.29) is 12.1 Å². The van der Waals surface area contributed by atoms with Gasteiger partial charge >= 0.3 is 0 Å². The highest BCUT2D eigenvalue weighted by molar-refractivity contribution is 7.98. The standard InChI is InChI=1S/C15H12N6O2S3/c16-11(22)7-21-13(10-2-1-4-24-10)18-19-15(21)26-8-9-6-12(23)20-3-5-25-14(20)17-9/h1-6H,7-8H2,(H2,16,22). The summed E-state index contributed by atoms with van der Waals surface area (Å²) in [5, 5.41) is 12.7. The Kier molecular flexibility index (Phi) is 4.57. The lowest BCUT2D eigenvalue weighted by Crippen LogP contribution is -2.19. The molecule has 1 amide bonds. The first-order chi connectivity index (χ1) is 12.6. The fraction of sp³-hybridized carbons (Fsp3) is 0.133. The molecule has 0 unspecified atom stereocenters. The maximum Gasteiger partial charge on any atom is 0.258 e. The van der Waals surface area contributed by atoms with Crippen molar-refractivity contribution in [3.8, 4) is 10.7 Å². The highest BCUT2D eigenvalue weighted by atomic mass is 32.2. The summed E-state index contributed by atoms with van der Waals surface area (Å²) >= 11 is 4.27. The average molecular weight is 405 g/mol. The lowest BCUT2D eigenvalue weighted by atomic mass is 10.4. The molecule has 0 radical (unpaired) electrons. The van der Waals surface area contributed by atoms with Gasteiger partial charge in [0.2, 0.25) is 5.91 Å². The van der Waals surface area contributed by atoms with Crippen molar-refractivity contribution in [2.24, 2.45) is 5.73 Å². The molecule has 26 heavy (non-hydrogen) atoms. The molecule has 0 fully saturated rings. The minimum Gasteiger partial charge on any atom is -0.368 e. The summed E-state index contributed by atoms with van der Waals surface area (Å²) in [4.78, 5) is 29.6. The number of nitrogens with two attached hydrogens (primary N) is 1. The molecule has 0 aliphatic rings. The van der Waals surface area contributed by atoms with Crippen LogP contribution in [0.2, 0.25) is 0 Å². The molecule has 0 atom stereocenters. The summed E-state index contributed by atoms with van der Waals surface area (Å²) in [6.45, 7) is -0.0113. The third kappa shape index (κ3) is 3.28. The number of primary amides is 1. The number of thiazole rings is 1. The number of aromatic nitrogens is 5. The summed E-state index contributed by atoms with van der Waals surface area (Å²) in [5.41, 5.74) is 5.90. The first-order valence-electron chi connectivity index (χ1n) is 7.46. The van der Waals surface area contributed by atoms with E-state index in [9.17, 15) is 9.59 Å². The van der Waals surface area contributed by atoms with E-state index in [0.29, 0.717) is 27.4 Å². The van der Waals surface area contributed by atoms with Gasteiger partial charge in [-0.15, -0.1) is 32.9 Å². The second kappa shape index (κ2) is 7.02. The van der Waals surface area contributed by atoms with E-state index in [1.807, 2.05) is 22.9 Å². The Bertz CT molecular complexity index is 1130. The zero-order valence-electron chi connectivity index (χ0n) is 13.2. The first kappa shape index (κ1) is 16.9. The summed E-state index contributed by atoms with van der Waals surface area (Å²) in [6.07, 6.45) is 1.70. The Morgan fingerprint density at radius 2 is 2.15 bits per heavy atom. The molecule has 0 aliphatic heterocycles. The van der Waals surface area contributed by atoms with Crippen molar-refractivity contribution in [2.45, 2.75) is 17.5 Å². The van der Waals surface area contributed by atoms with Crippen LogP contribution in [0.5, 0.6) is 0 Å². The number of thiophene rings is 1. The number of carbonyl (C=O) groups excluding carboxylic acids is 1. The molecule has 0 aromatic carbocycles. The second-order valence-corrected chi connectivity index (χ2v) is 8.03. The summed E-state index contributed by atoms with van der Waals surface area (Å²) in [7, 11) is 0. The van der Waals surface area contributed by atoms with Crippen molar-refractivity contribution < 1.29 is 4.79 Å². The van der Waals surface area contributed by atoms with Crippen LogP contribution in [0.1, 0.15) is 5.69 Å². The maximum atomic E-state index is 12.1. The highest BCUT2D eigenvalue weighted by Crippen LogP contribution is 2.28. The van der Waals surface area contributed by atoms with Crippen LogP contribution in [0.3, 0.4) is 0 Å². The number of rotatable bonds is 6. The highest BCUT2D eigenvalue weighted by Gasteiger charge is 2.17. The van der Waals surface area contributed by atoms with Gasteiger partial charge in [-0.3, -0.25) is 18.6 Å². The topological polar surface area (TPSA) is 108 Å². The number of carbonyl (C=O) groups is 1. The molecule has 0 spiro atoms. The quantitative estimate of drug-likeness (QED) is 0.491. The van der Waals surface area contributed by atoms with Gasteiger partial charge in [0.25, 0.3) is 5.56 Å². The number of fused-ring (bicyclic) bond motifs is 1. The van der Waals surface area contributed by atoms with Gasteiger partial charge in [-0.25, -0.2) is 4.98 Å². The summed E-state index contributed by atoms with van der Waals surface area (Å²) in [6, 6.07) is 5.32. The van der Waals surface area contributed by atoms with Crippen molar-refractivity contribution >= 4 is 45.3 Å². The van der Waals surface area contributed by atoms with Crippen LogP contribution in [-0.4, -0.2) is 30.1 Å². The van der Waals surface area contributed by atoms with Gasteiger partial charge in [0.05, 0.1) is 10.6 Å². The lowest BCUT2D eigenvalue weighted by molar-refractivity contribution is -0.118. The average Bonchev–Trinajstić information content (AvgIpc) is 3.33. The molecule has 4 aromatic rings. The van der Waals surface area contributed by atoms with Gasteiger partial charge in [0.1, 0.15) is 6.54 Å². The van der Waals surface area contributed by atoms with Gasteiger partial charge < -0.3 is 5.73 Å². The molecular formula is C15H12N6O2S3. The molecule has 4 aromatic heterocycles. The normalized spacial score (nSPS) is 11.2. The third-order valence-corrected chi connectivity index (χ3v) is 6.10. The van der Waals surface area contributed by atoms with Gasteiger partial charge in [0, 0.05) is 23.4 Å². The Morgan fingerprint density at radius 3 is 2.92 bits per heavy atom. The predicted octanol–water partition coefficient (Wildman–Crippen LogP) is 1.85. The molecule has 0 saturated carbocycles. The molecule has 11 heteroatoms. The fourth-order valence-electron chi connectivity index (χ4n) is 2.38. The minimum atomic E-state index is -0.471. The van der Waals surface area contributed by atoms with Gasteiger partial charge in [-0.2, -0.15) is 0 Å². The molecule has 0 saturated heterocycles. The van der Waals surface area contributed by atoms with Crippen LogP contribution in [0.4, 0.5) is 0 Å². The summed E-state index contributed by atoms with van der Waals surface area (Å²) < 4.78 is 3.19. The van der Waals surface area contributed by atoms with E-state index in [4.69, 9.17) is 5.73 Å². The zero-order chi connectivity index (χ0) is 18.1. The van der Waals surface area contributed by atoms with Crippen LogP contribution >= 0.6 is 34.4 Å². The van der Waals surface area contributed by atoms with Crippen molar-refractivity contribution in [3.63, 3.8) is 0 Å². The van der Waals surface area contributed by atoms with E-state index in [0.717, 1.165) is 4.88 Å². The third-order valence-electron chi connectivity index (χ3n) is 3.48. The smallest absolute Gasteiger partial charge is 0.258 e. The molecule has 2 N–H and O–H groups in total. The van der Waals surface area contributed by atoms with E-state index in [1.165, 1.54) is 44.9 Å². The molecule has 4 rings (SSSR count). The maximum absolute atomic E-state index is 12.1. The number of thioether (sulfide) groups is 1. The molecule has 0 aliphatic carbocycles. The van der Waals surface area contributed by atoms with E-state index < -0.39 is 5.91 Å². The van der Waals surface area contributed by atoms with Crippen LogP contribution in [0.15, 0.2) is 45.1 Å². The van der Waals surface area contributed by atoms with Crippen molar-refractivity contribution in [1.82, 2.24) is 24.1 Å². The Labute approximate surface area is 159 Å². The van der Waals surface area contributed by atoms with Gasteiger partial charge in [-0.05, 0) is 11.4 Å². The Balaban J connectivity index is 1.63. The Morgan fingerprint density at radius 1 is 1.27 bits per heavy atom. The molecule has 0 bridgehead atoms. The Hall–Kier alpha value is -2.50. The molecular weight excluding hydrogens is 392 g/mol. The number of hydrogen-bond acceptors (Lipinski definition) is 8. The first-order valence-corrected chi connectivity index (χ1v) is 10.2. The molecule has 4 heterocycles. The molecule has 132 valence electrons. The van der Waals surface area contributed by atoms with Gasteiger partial charge in [0.15, 0.2) is 15.9 Å². The monoisotopic (exact) mass is 404 g/mol. The second-order valence-electron chi connectivity index (χ2n) is 5.27. The van der Waals surface area contributed by atoms with Crippen LogP contribution < -0.4 is 11.3 Å². The summed E-state index contributed by atoms with van der Waals surface area (Å²) in [5.74, 6) is 0.564. The van der Waals surface area contributed by atoms with E-state index in [1.54, 1.807) is 10.8 Å². The van der Waals surface area contributed by atoms with E-state index >= 15 is 0 Å². The van der Waals surface area contributed by atoms with Crippen LogP contribution in [0.25, 0.3) is 15.7 Å². The molecule has 8 nitrogen and oxygen atoms in total. The number of amides is 1. The van der Waals surface area contributed by atoms with Crippen LogP contribution in [0, 0.1) is 0 Å². The largest absolute Gasteiger partial charge is 0.368 e. The van der Waals surface area contributed by atoms with Crippen molar-refractivity contribution in [2.75, 3.05) is 0 Å². The number of hydrogen-bond donors (Lipinski definition) is 1. The zero-order valence-corrected chi connectivity index (χ0v) is 15.7. The predicted molar refractivity (Wildman–Crippen MR) is 101 cm³/mol. The van der Waals surface area contributed by atoms with Crippen molar-refractivity contribution in [3.05, 3.63) is 51.2 Å². The SMILES string of the molecule is NC(=O)Cn1c(SCc2cc(=O)n3ccsc3n2)nnc1-c1cccs1. The minimum absolute atomic E-state index is 0.0113. The number of nitrogens with zero attached hydrogens (tertiary/aromatic N) is 5. The van der Waals surface area contributed by atoms with Gasteiger partial charge in [-0.1, -0.05) is 17.8 Å². The van der Waals surface area contributed by atoms with E-state index in [2.05, 4.69) is 15.2 Å². The lowest BCUT2D eigenvalue weighted by Gasteiger charge is -2.07.